The predicted molar refractivity (Wildman–Crippen MR) is 80.7 cm³/mol. The maximum Gasteiger partial charge on any atom is 0.119 e. The zero-order chi connectivity index (χ0) is 13.0. The molecule has 0 radical (unpaired) electrons. The van der Waals surface area contributed by atoms with Crippen molar-refractivity contribution in [3.8, 4) is 5.75 Å². The van der Waals surface area contributed by atoms with Crippen molar-refractivity contribution in [2.75, 3.05) is 7.11 Å². The number of hydrogen-bond donors (Lipinski definition) is 0. The fourth-order valence-electron chi connectivity index (χ4n) is 5.04. The Morgan fingerprint density at radius 1 is 1.26 bits per heavy atom. The van der Waals surface area contributed by atoms with Crippen LogP contribution in [-0.4, -0.2) is 11.9 Å². The van der Waals surface area contributed by atoms with Crippen molar-refractivity contribution < 1.29 is 4.74 Å². The molecule has 3 saturated carbocycles. The first kappa shape index (κ1) is 12.3. The van der Waals surface area contributed by atoms with E-state index in [0.29, 0.717) is 4.83 Å². The van der Waals surface area contributed by atoms with Crippen LogP contribution in [0.2, 0.25) is 0 Å². The molecule has 1 aromatic rings. The fourth-order valence-corrected chi connectivity index (χ4v) is 6.12. The van der Waals surface area contributed by atoms with Crippen LogP contribution in [0.25, 0.3) is 0 Å². The van der Waals surface area contributed by atoms with Crippen LogP contribution >= 0.6 is 15.9 Å². The lowest BCUT2D eigenvalue weighted by atomic mass is 9.97. The van der Waals surface area contributed by atoms with Gasteiger partial charge in [0.2, 0.25) is 0 Å². The van der Waals surface area contributed by atoms with E-state index < -0.39 is 0 Å². The van der Waals surface area contributed by atoms with Gasteiger partial charge in [-0.3, -0.25) is 0 Å². The molecule has 5 atom stereocenters. The Morgan fingerprint density at radius 2 is 2.00 bits per heavy atom. The maximum atomic E-state index is 5.32. The molecule has 0 aromatic heterocycles. The number of alkyl halides is 1. The summed E-state index contributed by atoms with van der Waals surface area (Å²) in [7, 11) is 1.74. The van der Waals surface area contributed by atoms with E-state index in [1.54, 1.807) is 13.5 Å². The molecule has 0 amide bonds. The monoisotopic (exact) mass is 320 g/mol. The van der Waals surface area contributed by atoms with Crippen LogP contribution in [0, 0.1) is 29.6 Å². The predicted octanol–water partition coefficient (Wildman–Crippen LogP) is 4.29. The highest BCUT2D eigenvalue weighted by Crippen LogP contribution is 2.71. The van der Waals surface area contributed by atoms with Crippen molar-refractivity contribution >= 4 is 15.9 Å². The molecule has 2 bridgehead atoms. The molecule has 0 spiro atoms. The molecule has 0 heterocycles. The zero-order valence-electron chi connectivity index (χ0n) is 11.4. The second-order valence-corrected chi connectivity index (χ2v) is 7.81. The summed E-state index contributed by atoms with van der Waals surface area (Å²) in [5.41, 5.74) is 1.40. The molecule has 2 heteroatoms. The van der Waals surface area contributed by atoms with Gasteiger partial charge in [0, 0.05) is 4.83 Å². The lowest BCUT2D eigenvalue weighted by molar-refractivity contribution is 0.414. The van der Waals surface area contributed by atoms with Crippen LogP contribution < -0.4 is 4.74 Å². The highest BCUT2D eigenvalue weighted by atomic mass is 79.9. The second-order valence-electron chi connectivity index (χ2n) is 6.64. The lowest BCUT2D eigenvalue weighted by Gasteiger charge is -2.15. The second kappa shape index (κ2) is 4.51. The Hall–Kier alpha value is -0.500. The topological polar surface area (TPSA) is 9.23 Å². The summed E-state index contributed by atoms with van der Waals surface area (Å²) in [4.78, 5) is 0.665. The van der Waals surface area contributed by atoms with Gasteiger partial charge < -0.3 is 4.74 Å². The van der Waals surface area contributed by atoms with Crippen LogP contribution in [0.5, 0.6) is 5.75 Å². The molecular formula is C17H21BrO. The summed E-state index contributed by atoms with van der Waals surface area (Å²) in [6.07, 6.45) is 5.72. The smallest absolute Gasteiger partial charge is 0.119 e. The van der Waals surface area contributed by atoms with E-state index >= 15 is 0 Å². The zero-order valence-corrected chi connectivity index (χ0v) is 13.0. The number of hydrogen-bond acceptors (Lipinski definition) is 1. The highest BCUT2D eigenvalue weighted by Gasteiger charge is 2.66. The normalized spacial score (nSPS) is 40.0. The Balaban J connectivity index is 1.43. The first-order valence-electron chi connectivity index (χ1n) is 7.55. The first-order valence-corrected chi connectivity index (χ1v) is 8.46. The van der Waals surface area contributed by atoms with Gasteiger partial charge in [0.05, 0.1) is 7.11 Å². The Kier molecular flexibility index (Phi) is 2.91. The summed E-state index contributed by atoms with van der Waals surface area (Å²) < 4.78 is 5.32. The molecule has 1 nitrogen and oxygen atoms in total. The molecule has 3 aliphatic carbocycles. The van der Waals surface area contributed by atoms with E-state index in [1.165, 1.54) is 18.4 Å². The fraction of sp³-hybridized carbons (Fsp3) is 0.647. The third kappa shape index (κ3) is 1.94. The van der Waals surface area contributed by atoms with Gasteiger partial charge in [0.1, 0.15) is 5.75 Å². The summed E-state index contributed by atoms with van der Waals surface area (Å²) in [5, 5.41) is 0. The van der Waals surface area contributed by atoms with Gasteiger partial charge in [-0.05, 0) is 73.0 Å². The summed E-state index contributed by atoms with van der Waals surface area (Å²) in [6.45, 7) is 0. The number of rotatable bonds is 4. The van der Waals surface area contributed by atoms with E-state index in [-0.39, 0.29) is 0 Å². The highest BCUT2D eigenvalue weighted by molar-refractivity contribution is 9.09. The van der Waals surface area contributed by atoms with Crippen LogP contribution in [0.4, 0.5) is 0 Å². The summed E-state index contributed by atoms with van der Waals surface area (Å²) in [5.74, 6) is 6.21. The largest absolute Gasteiger partial charge is 0.497 e. The van der Waals surface area contributed by atoms with E-state index in [1.807, 2.05) is 6.07 Å². The molecule has 19 heavy (non-hydrogen) atoms. The Labute approximate surface area is 123 Å². The van der Waals surface area contributed by atoms with Crippen LogP contribution in [0.3, 0.4) is 0 Å². The van der Waals surface area contributed by atoms with Crippen molar-refractivity contribution in [2.45, 2.75) is 30.5 Å². The number of methoxy groups -OCH3 is 1. The summed E-state index contributed by atoms with van der Waals surface area (Å²) in [6, 6.07) is 8.54. The van der Waals surface area contributed by atoms with Gasteiger partial charge in [0.25, 0.3) is 0 Å². The van der Waals surface area contributed by atoms with E-state index in [0.717, 1.165) is 41.8 Å². The SMILES string of the molecule is COc1cccc(CC(Br)C2C3C4CCC(C4)C23)c1. The molecule has 4 rings (SSSR count). The Morgan fingerprint density at radius 3 is 2.68 bits per heavy atom. The number of ether oxygens (including phenoxy) is 1. The molecule has 0 N–H and O–H groups in total. The minimum absolute atomic E-state index is 0.665. The van der Waals surface area contributed by atoms with E-state index in [4.69, 9.17) is 4.74 Å². The number of fused-ring (bicyclic) bond motifs is 5. The quantitative estimate of drug-likeness (QED) is 0.752. The van der Waals surface area contributed by atoms with Crippen LogP contribution in [0.1, 0.15) is 24.8 Å². The van der Waals surface area contributed by atoms with Gasteiger partial charge in [-0.15, -0.1) is 0 Å². The molecule has 5 unspecified atom stereocenters. The van der Waals surface area contributed by atoms with Crippen LogP contribution in [0.15, 0.2) is 24.3 Å². The molecule has 0 aliphatic heterocycles. The third-order valence-corrected chi connectivity index (χ3v) is 6.71. The standard InChI is InChI=1S/C17H21BrO/c1-19-13-4-2-3-10(7-13)8-14(18)17-15-11-5-6-12(9-11)16(15)17/h2-4,7,11-12,14-17H,5-6,8-9H2,1H3. The molecule has 3 fully saturated rings. The first-order chi connectivity index (χ1) is 9.28. The van der Waals surface area contributed by atoms with Gasteiger partial charge in [-0.1, -0.05) is 28.1 Å². The van der Waals surface area contributed by atoms with Gasteiger partial charge in [-0.25, -0.2) is 0 Å². The molecule has 1 aromatic carbocycles. The lowest BCUT2D eigenvalue weighted by Crippen LogP contribution is -2.12. The molecule has 3 aliphatic rings. The average Bonchev–Trinajstić information content (AvgIpc) is 2.88. The summed E-state index contributed by atoms with van der Waals surface area (Å²) >= 11 is 3.99. The van der Waals surface area contributed by atoms with Crippen LogP contribution in [-0.2, 0) is 6.42 Å². The van der Waals surface area contributed by atoms with E-state index in [9.17, 15) is 0 Å². The van der Waals surface area contributed by atoms with Gasteiger partial charge >= 0.3 is 0 Å². The average molecular weight is 321 g/mol. The number of halogens is 1. The molecule has 0 saturated heterocycles. The third-order valence-electron chi connectivity index (χ3n) is 5.78. The Bertz CT molecular complexity index is 470. The van der Waals surface area contributed by atoms with Crippen molar-refractivity contribution in [1.82, 2.24) is 0 Å². The minimum atomic E-state index is 0.665. The maximum absolute atomic E-state index is 5.32. The van der Waals surface area contributed by atoms with Crippen molar-refractivity contribution in [1.29, 1.82) is 0 Å². The van der Waals surface area contributed by atoms with Crippen molar-refractivity contribution in [3.63, 3.8) is 0 Å². The minimum Gasteiger partial charge on any atom is -0.497 e. The van der Waals surface area contributed by atoms with Crippen molar-refractivity contribution in [2.24, 2.45) is 29.6 Å². The van der Waals surface area contributed by atoms with E-state index in [2.05, 4.69) is 34.1 Å². The number of benzene rings is 1. The van der Waals surface area contributed by atoms with Gasteiger partial charge in [0.15, 0.2) is 0 Å². The van der Waals surface area contributed by atoms with Crippen molar-refractivity contribution in [3.05, 3.63) is 29.8 Å². The van der Waals surface area contributed by atoms with Gasteiger partial charge in [-0.2, -0.15) is 0 Å². The molecule has 102 valence electrons. The molecular weight excluding hydrogens is 300 g/mol.